The summed E-state index contributed by atoms with van der Waals surface area (Å²) in [6.45, 7) is 0. The molecule has 0 saturated heterocycles. The molecule has 0 amide bonds. The summed E-state index contributed by atoms with van der Waals surface area (Å²) >= 11 is 5.94. The molecular formula is C13H13ClN2O. The zero-order valence-corrected chi connectivity index (χ0v) is 10.0. The van der Waals surface area contributed by atoms with Crippen LogP contribution in [0.25, 0.3) is 10.9 Å². The van der Waals surface area contributed by atoms with Gasteiger partial charge in [0.1, 0.15) is 5.72 Å². The van der Waals surface area contributed by atoms with E-state index in [9.17, 15) is 5.11 Å². The van der Waals surface area contributed by atoms with E-state index in [1.165, 1.54) is 0 Å². The van der Waals surface area contributed by atoms with Gasteiger partial charge in [0.25, 0.3) is 0 Å². The summed E-state index contributed by atoms with van der Waals surface area (Å²) in [5.74, 6) is 0. The van der Waals surface area contributed by atoms with Gasteiger partial charge in [0.05, 0.1) is 5.52 Å². The Labute approximate surface area is 104 Å². The third kappa shape index (κ3) is 1.80. The molecule has 17 heavy (non-hydrogen) atoms. The minimum Gasteiger partial charge on any atom is -0.372 e. The molecule has 0 saturated carbocycles. The first-order valence-electron chi connectivity index (χ1n) is 5.67. The highest BCUT2D eigenvalue weighted by Gasteiger charge is 2.31. The number of hydrogen-bond donors (Lipinski definition) is 2. The molecule has 1 aliphatic carbocycles. The summed E-state index contributed by atoms with van der Waals surface area (Å²) in [4.78, 5) is 4.55. The zero-order valence-electron chi connectivity index (χ0n) is 9.28. The first kappa shape index (κ1) is 11.0. The lowest BCUT2D eigenvalue weighted by Crippen LogP contribution is -2.40. The van der Waals surface area contributed by atoms with Crippen LogP contribution >= 0.6 is 11.6 Å². The Kier molecular flexibility index (Phi) is 2.36. The number of benzene rings is 1. The lowest BCUT2D eigenvalue weighted by atomic mass is 9.87. The van der Waals surface area contributed by atoms with Crippen molar-refractivity contribution in [3.05, 3.63) is 40.5 Å². The van der Waals surface area contributed by atoms with Gasteiger partial charge in [0.2, 0.25) is 0 Å². The summed E-state index contributed by atoms with van der Waals surface area (Å²) < 4.78 is 0. The van der Waals surface area contributed by atoms with Gasteiger partial charge >= 0.3 is 0 Å². The zero-order chi connectivity index (χ0) is 12.0. The number of halogens is 1. The first-order valence-corrected chi connectivity index (χ1v) is 6.05. The van der Waals surface area contributed by atoms with Gasteiger partial charge in [-0.25, -0.2) is 0 Å². The van der Waals surface area contributed by atoms with Crippen LogP contribution in [0.1, 0.15) is 24.1 Å². The largest absolute Gasteiger partial charge is 0.372 e. The molecular weight excluding hydrogens is 236 g/mol. The molecule has 1 atom stereocenters. The smallest absolute Gasteiger partial charge is 0.141 e. The summed E-state index contributed by atoms with van der Waals surface area (Å²) in [5, 5.41) is 11.8. The van der Waals surface area contributed by atoms with Crippen molar-refractivity contribution in [2.75, 3.05) is 0 Å². The predicted octanol–water partition coefficient (Wildman–Crippen LogP) is 2.33. The summed E-state index contributed by atoms with van der Waals surface area (Å²) in [6, 6.07) is 7.47. The molecule has 1 aliphatic rings. The number of hydrogen-bond acceptors (Lipinski definition) is 3. The lowest BCUT2D eigenvalue weighted by Gasteiger charge is -2.30. The summed E-state index contributed by atoms with van der Waals surface area (Å²) in [5.41, 5.74) is 7.15. The number of fused-ring (bicyclic) bond motifs is 2. The van der Waals surface area contributed by atoms with E-state index >= 15 is 0 Å². The first-order chi connectivity index (χ1) is 8.06. The molecule has 1 aromatic carbocycles. The second-order valence-electron chi connectivity index (χ2n) is 4.60. The van der Waals surface area contributed by atoms with Crippen molar-refractivity contribution in [2.45, 2.75) is 25.0 Å². The molecule has 88 valence electrons. The maximum Gasteiger partial charge on any atom is 0.141 e. The summed E-state index contributed by atoms with van der Waals surface area (Å²) in [6.07, 6.45) is 2.30. The van der Waals surface area contributed by atoms with Crippen molar-refractivity contribution >= 4 is 22.5 Å². The van der Waals surface area contributed by atoms with Gasteiger partial charge in [-0.3, -0.25) is 10.7 Å². The van der Waals surface area contributed by atoms with Crippen LogP contribution in [0.15, 0.2) is 24.3 Å². The second kappa shape index (κ2) is 3.67. The van der Waals surface area contributed by atoms with E-state index in [2.05, 4.69) is 4.98 Å². The van der Waals surface area contributed by atoms with E-state index in [1.54, 1.807) is 0 Å². The quantitative estimate of drug-likeness (QED) is 0.704. The van der Waals surface area contributed by atoms with Gasteiger partial charge < -0.3 is 5.11 Å². The Morgan fingerprint density at radius 3 is 3.00 bits per heavy atom. The van der Waals surface area contributed by atoms with Crippen LogP contribution in [0.5, 0.6) is 0 Å². The number of aryl methyl sites for hydroxylation is 1. The maximum atomic E-state index is 10.2. The third-order valence-electron chi connectivity index (χ3n) is 3.30. The molecule has 2 aromatic rings. The molecule has 3 rings (SSSR count). The molecule has 4 heteroatoms. The van der Waals surface area contributed by atoms with Crippen LogP contribution < -0.4 is 5.73 Å². The van der Waals surface area contributed by atoms with Gasteiger partial charge in [-0.1, -0.05) is 17.7 Å². The molecule has 0 aliphatic heterocycles. The number of aromatic nitrogens is 1. The van der Waals surface area contributed by atoms with Crippen LogP contribution in [-0.4, -0.2) is 10.1 Å². The number of nitrogens with zero attached hydrogens (tertiary/aromatic N) is 1. The highest BCUT2D eigenvalue weighted by molar-refractivity contribution is 6.31. The van der Waals surface area contributed by atoms with Gasteiger partial charge in [-0.05, 0) is 37.5 Å². The Balaban J connectivity index is 2.28. The van der Waals surface area contributed by atoms with Gasteiger partial charge in [0, 0.05) is 21.7 Å². The minimum atomic E-state index is -1.24. The van der Waals surface area contributed by atoms with E-state index in [-0.39, 0.29) is 0 Å². The average Bonchev–Trinajstić information content (AvgIpc) is 2.26. The van der Waals surface area contributed by atoms with Gasteiger partial charge in [-0.15, -0.1) is 0 Å². The Bertz CT molecular complexity index is 595. The van der Waals surface area contributed by atoms with Crippen LogP contribution in [0.3, 0.4) is 0 Å². The van der Waals surface area contributed by atoms with Crippen molar-refractivity contribution < 1.29 is 5.11 Å². The van der Waals surface area contributed by atoms with Crippen molar-refractivity contribution in [3.8, 4) is 0 Å². The minimum absolute atomic E-state index is 0.584. The van der Waals surface area contributed by atoms with E-state index < -0.39 is 5.72 Å². The van der Waals surface area contributed by atoms with E-state index in [0.29, 0.717) is 11.4 Å². The predicted molar refractivity (Wildman–Crippen MR) is 67.8 cm³/mol. The lowest BCUT2D eigenvalue weighted by molar-refractivity contribution is 0.0249. The SMILES string of the molecule is NC1(O)CCCc2nc3cc(Cl)ccc3cc21. The van der Waals surface area contributed by atoms with Crippen LogP contribution in [0.4, 0.5) is 0 Å². The summed E-state index contributed by atoms with van der Waals surface area (Å²) in [7, 11) is 0. The molecule has 3 N–H and O–H groups in total. The highest BCUT2D eigenvalue weighted by Crippen LogP contribution is 2.32. The van der Waals surface area contributed by atoms with E-state index in [0.717, 1.165) is 35.0 Å². The molecule has 1 unspecified atom stereocenters. The molecule has 0 bridgehead atoms. The van der Waals surface area contributed by atoms with Crippen LogP contribution in [0, 0.1) is 0 Å². The Hall–Kier alpha value is -1.16. The number of pyridine rings is 1. The number of aliphatic hydroxyl groups is 1. The van der Waals surface area contributed by atoms with Crippen molar-refractivity contribution in [3.63, 3.8) is 0 Å². The highest BCUT2D eigenvalue weighted by atomic mass is 35.5. The molecule has 1 heterocycles. The molecule has 0 spiro atoms. The Morgan fingerprint density at radius 1 is 1.35 bits per heavy atom. The molecule has 3 nitrogen and oxygen atoms in total. The monoisotopic (exact) mass is 248 g/mol. The van der Waals surface area contributed by atoms with Crippen molar-refractivity contribution in [2.24, 2.45) is 5.73 Å². The van der Waals surface area contributed by atoms with Crippen LogP contribution in [-0.2, 0) is 12.1 Å². The van der Waals surface area contributed by atoms with Gasteiger partial charge in [-0.2, -0.15) is 0 Å². The van der Waals surface area contributed by atoms with Gasteiger partial charge in [0.15, 0.2) is 0 Å². The maximum absolute atomic E-state index is 10.2. The molecule has 1 aromatic heterocycles. The molecule has 0 fully saturated rings. The fourth-order valence-electron chi connectivity index (χ4n) is 2.41. The topological polar surface area (TPSA) is 59.1 Å². The number of rotatable bonds is 0. The van der Waals surface area contributed by atoms with E-state index in [4.69, 9.17) is 17.3 Å². The second-order valence-corrected chi connectivity index (χ2v) is 5.03. The van der Waals surface area contributed by atoms with Crippen LogP contribution in [0.2, 0.25) is 5.02 Å². The normalized spacial score (nSPS) is 23.7. The molecule has 0 radical (unpaired) electrons. The fourth-order valence-corrected chi connectivity index (χ4v) is 2.57. The van der Waals surface area contributed by atoms with Crippen molar-refractivity contribution in [1.29, 1.82) is 0 Å². The third-order valence-corrected chi connectivity index (χ3v) is 3.53. The number of nitrogens with two attached hydrogens (primary N) is 1. The standard InChI is InChI=1S/C13H13ClN2O/c14-9-4-3-8-6-10-11(16-12(8)7-9)2-1-5-13(10,15)17/h3-4,6-7,17H,1-2,5,15H2. The van der Waals surface area contributed by atoms with Crippen molar-refractivity contribution in [1.82, 2.24) is 4.98 Å². The Morgan fingerprint density at radius 2 is 2.18 bits per heavy atom. The average molecular weight is 249 g/mol. The van der Waals surface area contributed by atoms with E-state index in [1.807, 2.05) is 24.3 Å². The fraction of sp³-hybridized carbons (Fsp3) is 0.308.